The van der Waals surface area contributed by atoms with Crippen LogP contribution in [0.1, 0.15) is 5.56 Å². The van der Waals surface area contributed by atoms with E-state index in [4.69, 9.17) is 5.73 Å². The topological polar surface area (TPSA) is 155 Å². The molecular formula is C7H6N4O6. The standard InChI is InChI=1S/C7H6N4O6/c1-3-4(9(12)13)2-5(10(14)15)6(8)7(3)11(16)17/h2H,8H2,1H3. The molecule has 0 bridgehead atoms. The summed E-state index contributed by atoms with van der Waals surface area (Å²) in [6.07, 6.45) is 0. The van der Waals surface area contributed by atoms with Gasteiger partial charge in [-0.15, -0.1) is 0 Å². The number of nitrogen functional groups attached to an aromatic ring is 1. The molecule has 0 unspecified atom stereocenters. The van der Waals surface area contributed by atoms with Crippen molar-refractivity contribution in [3.05, 3.63) is 42.0 Å². The first-order chi connectivity index (χ1) is 7.77. The molecule has 2 N–H and O–H groups in total. The maximum absolute atomic E-state index is 10.7. The number of nitro groups is 3. The van der Waals surface area contributed by atoms with Gasteiger partial charge in [0.05, 0.1) is 20.8 Å². The molecule has 0 aliphatic carbocycles. The molecule has 1 aromatic carbocycles. The zero-order chi connectivity index (χ0) is 13.3. The minimum Gasteiger partial charge on any atom is -0.387 e. The Balaban J connectivity index is 3.76. The maximum Gasteiger partial charge on any atom is 0.308 e. The van der Waals surface area contributed by atoms with E-state index in [1.54, 1.807) is 0 Å². The van der Waals surface area contributed by atoms with Crippen LogP contribution in [-0.2, 0) is 0 Å². The van der Waals surface area contributed by atoms with E-state index in [2.05, 4.69) is 0 Å². The van der Waals surface area contributed by atoms with Crippen LogP contribution in [0.2, 0.25) is 0 Å². The Morgan fingerprint density at radius 1 is 1.00 bits per heavy atom. The Morgan fingerprint density at radius 3 is 1.82 bits per heavy atom. The van der Waals surface area contributed by atoms with Gasteiger partial charge < -0.3 is 5.73 Å². The minimum atomic E-state index is -1.01. The van der Waals surface area contributed by atoms with E-state index in [-0.39, 0.29) is 5.56 Å². The van der Waals surface area contributed by atoms with Crippen LogP contribution in [0, 0.1) is 37.3 Å². The third-order valence-electron chi connectivity index (χ3n) is 2.12. The van der Waals surface area contributed by atoms with E-state index < -0.39 is 37.5 Å². The lowest BCUT2D eigenvalue weighted by molar-refractivity contribution is -0.402. The largest absolute Gasteiger partial charge is 0.387 e. The number of benzene rings is 1. The summed E-state index contributed by atoms with van der Waals surface area (Å²) in [5.74, 6) is 0. The molecular weight excluding hydrogens is 236 g/mol. The van der Waals surface area contributed by atoms with Crippen LogP contribution in [-0.4, -0.2) is 14.8 Å². The van der Waals surface area contributed by atoms with E-state index in [1.807, 2.05) is 0 Å². The van der Waals surface area contributed by atoms with Gasteiger partial charge in [0.1, 0.15) is 5.56 Å². The van der Waals surface area contributed by atoms with E-state index in [0.29, 0.717) is 6.07 Å². The van der Waals surface area contributed by atoms with Gasteiger partial charge in [-0.25, -0.2) is 0 Å². The van der Waals surface area contributed by atoms with Crippen molar-refractivity contribution < 1.29 is 14.8 Å². The highest BCUT2D eigenvalue weighted by molar-refractivity contribution is 5.78. The van der Waals surface area contributed by atoms with Crippen molar-refractivity contribution >= 4 is 22.7 Å². The first-order valence-corrected chi connectivity index (χ1v) is 4.13. The van der Waals surface area contributed by atoms with Crippen molar-refractivity contribution in [2.24, 2.45) is 0 Å². The molecule has 90 valence electrons. The summed E-state index contributed by atoms with van der Waals surface area (Å²) >= 11 is 0. The number of rotatable bonds is 3. The third kappa shape index (κ3) is 1.95. The minimum absolute atomic E-state index is 0.317. The Morgan fingerprint density at radius 2 is 1.47 bits per heavy atom. The van der Waals surface area contributed by atoms with Crippen molar-refractivity contribution in [3.63, 3.8) is 0 Å². The monoisotopic (exact) mass is 242 g/mol. The molecule has 0 heterocycles. The van der Waals surface area contributed by atoms with Gasteiger partial charge in [0.15, 0.2) is 5.69 Å². The van der Waals surface area contributed by atoms with Crippen LogP contribution in [0.4, 0.5) is 22.7 Å². The normalized spacial score (nSPS) is 9.94. The highest BCUT2D eigenvalue weighted by Crippen LogP contribution is 2.39. The second kappa shape index (κ2) is 4.00. The summed E-state index contributed by atoms with van der Waals surface area (Å²) in [6, 6.07) is 0.609. The quantitative estimate of drug-likeness (QED) is 0.475. The highest BCUT2D eigenvalue weighted by Gasteiger charge is 2.32. The first-order valence-electron chi connectivity index (χ1n) is 4.13. The van der Waals surface area contributed by atoms with Gasteiger partial charge in [-0.3, -0.25) is 30.3 Å². The molecule has 1 aromatic rings. The second-order valence-electron chi connectivity index (χ2n) is 3.07. The molecule has 0 aliphatic rings. The van der Waals surface area contributed by atoms with Crippen LogP contribution in [0.3, 0.4) is 0 Å². The summed E-state index contributed by atoms with van der Waals surface area (Å²) in [7, 11) is 0. The molecule has 10 nitrogen and oxygen atoms in total. The molecule has 0 aromatic heterocycles. The van der Waals surface area contributed by atoms with Crippen LogP contribution >= 0.6 is 0 Å². The molecule has 0 saturated heterocycles. The molecule has 0 aliphatic heterocycles. The summed E-state index contributed by atoms with van der Waals surface area (Å²) < 4.78 is 0. The van der Waals surface area contributed by atoms with Gasteiger partial charge in [-0.1, -0.05) is 0 Å². The van der Waals surface area contributed by atoms with Gasteiger partial charge in [-0.2, -0.15) is 0 Å². The van der Waals surface area contributed by atoms with Crippen molar-refractivity contribution in [2.75, 3.05) is 5.73 Å². The molecule has 0 spiro atoms. The van der Waals surface area contributed by atoms with Crippen LogP contribution in [0.25, 0.3) is 0 Å². The van der Waals surface area contributed by atoms with E-state index in [9.17, 15) is 30.3 Å². The molecule has 0 fully saturated rings. The third-order valence-corrected chi connectivity index (χ3v) is 2.12. The van der Waals surface area contributed by atoms with Gasteiger partial charge in [0.25, 0.3) is 5.69 Å². The Kier molecular flexibility index (Phi) is 2.89. The van der Waals surface area contributed by atoms with Crippen LogP contribution < -0.4 is 5.73 Å². The van der Waals surface area contributed by atoms with Crippen molar-refractivity contribution in [1.82, 2.24) is 0 Å². The van der Waals surface area contributed by atoms with E-state index >= 15 is 0 Å². The van der Waals surface area contributed by atoms with Crippen molar-refractivity contribution in [1.29, 1.82) is 0 Å². The Labute approximate surface area is 93.1 Å². The van der Waals surface area contributed by atoms with Crippen molar-refractivity contribution in [2.45, 2.75) is 6.92 Å². The fourth-order valence-electron chi connectivity index (χ4n) is 1.34. The number of nitrogens with two attached hydrogens (primary N) is 1. The van der Waals surface area contributed by atoms with Gasteiger partial charge in [0, 0.05) is 0 Å². The number of nitrogens with zero attached hydrogens (tertiary/aromatic N) is 3. The lowest BCUT2D eigenvalue weighted by Gasteiger charge is -2.03. The SMILES string of the molecule is Cc1c([N+](=O)[O-])cc([N+](=O)[O-])c(N)c1[N+](=O)[O-]. The highest BCUT2D eigenvalue weighted by atomic mass is 16.6. The van der Waals surface area contributed by atoms with E-state index in [0.717, 1.165) is 6.92 Å². The molecule has 1 rings (SSSR count). The second-order valence-corrected chi connectivity index (χ2v) is 3.07. The zero-order valence-electron chi connectivity index (χ0n) is 8.45. The summed E-state index contributed by atoms with van der Waals surface area (Å²) in [4.78, 5) is 28.9. The van der Waals surface area contributed by atoms with Crippen LogP contribution in [0.5, 0.6) is 0 Å². The summed E-state index contributed by atoms with van der Waals surface area (Å²) in [5.41, 5.74) is 1.86. The molecule has 0 saturated carbocycles. The summed E-state index contributed by atoms with van der Waals surface area (Å²) in [5, 5.41) is 31.8. The number of nitro benzene ring substituents is 3. The lowest BCUT2D eigenvalue weighted by Crippen LogP contribution is -2.05. The molecule has 0 amide bonds. The average molecular weight is 242 g/mol. The number of hydrogen-bond acceptors (Lipinski definition) is 7. The van der Waals surface area contributed by atoms with Crippen molar-refractivity contribution in [3.8, 4) is 0 Å². The Hall–Kier alpha value is -2.78. The summed E-state index contributed by atoms with van der Waals surface area (Å²) in [6.45, 7) is 1.11. The predicted molar refractivity (Wildman–Crippen MR) is 55.6 cm³/mol. The average Bonchev–Trinajstić information content (AvgIpc) is 2.15. The van der Waals surface area contributed by atoms with Gasteiger partial charge in [-0.05, 0) is 6.92 Å². The fourth-order valence-corrected chi connectivity index (χ4v) is 1.34. The molecule has 17 heavy (non-hydrogen) atoms. The molecule has 10 heteroatoms. The Bertz CT molecular complexity index is 501. The van der Waals surface area contributed by atoms with E-state index in [1.165, 1.54) is 0 Å². The predicted octanol–water partition coefficient (Wildman–Crippen LogP) is 1.30. The first kappa shape index (κ1) is 12.3. The number of anilines is 1. The number of hydrogen-bond donors (Lipinski definition) is 1. The lowest BCUT2D eigenvalue weighted by atomic mass is 10.1. The van der Waals surface area contributed by atoms with Crippen LogP contribution in [0.15, 0.2) is 6.07 Å². The smallest absolute Gasteiger partial charge is 0.308 e. The fraction of sp³-hybridized carbons (Fsp3) is 0.143. The maximum atomic E-state index is 10.7. The molecule has 0 radical (unpaired) electrons. The molecule has 0 atom stereocenters. The van der Waals surface area contributed by atoms with Gasteiger partial charge >= 0.3 is 11.4 Å². The van der Waals surface area contributed by atoms with Gasteiger partial charge in [0.2, 0.25) is 0 Å². The zero-order valence-corrected chi connectivity index (χ0v) is 8.45.